The Balaban J connectivity index is 0.00000162. The molecule has 0 spiro atoms. The van der Waals surface area contributed by atoms with Crippen LogP contribution in [0.5, 0.6) is 0 Å². The molecule has 18 heavy (non-hydrogen) atoms. The van der Waals surface area contributed by atoms with Gasteiger partial charge >= 0.3 is 0 Å². The van der Waals surface area contributed by atoms with Gasteiger partial charge in [-0.2, -0.15) is 5.10 Å². The van der Waals surface area contributed by atoms with Gasteiger partial charge in [-0.05, 0) is 25.8 Å². The second-order valence-corrected chi connectivity index (χ2v) is 4.53. The molecule has 102 valence electrons. The first-order valence-corrected chi connectivity index (χ1v) is 6.28. The summed E-state index contributed by atoms with van der Waals surface area (Å²) in [7, 11) is 1.86. The largest absolute Gasteiger partial charge is 0.310 e. The van der Waals surface area contributed by atoms with Crippen LogP contribution in [0.2, 0.25) is 0 Å². The smallest absolute Gasteiger partial charge is 0.242 e. The number of rotatable bonds is 4. The van der Waals surface area contributed by atoms with E-state index in [0.29, 0.717) is 0 Å². The van der Waals surface area contributed by atoms with Gasteiger partial charge in [0.2, 0.25) is 5.91 Å². The third-order valence-corrected chi connectivity index (χ3v) is 3.06. The van der Waals surface area contributed by atoms with Crippen LogP contribution in [0.15, 0.2) is 6.07 Å². The highest BCUT2D eigenvalue weighted by Gasteiger charge is 2.22. The van der Waals surface area contributed by atoms with Gasteiger partial charge in [-0.3, -0.25) is 9.48 Å². The zero-order valence-electron chi connectivity index (χ0n) is 10.9. The Kier molecular flexibility index (Phi) is 5.62. The van der Waals surface area contributed by atoms with Crippen LogP contribution in [0, 0.1) is 0 Å². The molecule has 1 atom stereocenters. The van der Waals surface area contributed by atoms with Crippen molar-refractivity contribution >= 4 is 24.1 Å². The zero-order chi connectivity index (χ0) is 12.3. The minimum absolute atomic E-state index is 0. The number of aryl methyl sites for hydroxylation is 2. The van der Waals surface area contributed by atoms with E-state index in [-0.39, 0.29) is 24.4 Å². The Labute approximate surface area is 114 Å². The lowest BCUT2D eigenvalue weighted by Gasteiger charge is -2.10. The number of carbonyl (C=O) groups excluding carboxylic acids is 1. The number of anilines is 1. The predicted octanol–water partition coefficient (Wildman–Crippen LogP) is 1.48. The van der Waals surface area contributed by atoms with Crippen molar-refractivity contribution < 1.29 is 4.79 Å². The second-order valence-electron chi connectivity index (χ2n) is 4.53. The number of hydrogen-bond acceptors (Lipinski definition) is 3. The number of aromatic nitrogens is 2. The molecule has 1 aliphatic heterocycles. The molecule has 1 fully saturated rings. The van der Waals surface area contributed by atoms with E-state index in [1.807, 2.05) is 13.1 Å². The molecule has 0 bridgehead atoms. The molecule has 0 radical (unpaired) electrons. The molecule has 1 aromatic heterocycles. The van der Waals surface area contributed by atoms with E-state index in [1.165, 1.54) is 0 Å². The molecular formula is C12H21ClN4O. The molecule has 0 aliphatic carbocycles. The van der Waals surface area contributed by atoms with Crippen LogP contribution in [-0.2, 0) is 18.3 Å². The van der Waals surface area contributed by atoms with Gasteiger partial charge in [0.15, 0.2) is 0 Å². The summed E-state index contributed by atoms with van der Waals surface area (Å²) in [6, 6.07) is 1.91. The van der Waals surface area contributed by atoms with Crippen LogP contribution < -0.4 is 10.6 Å². The maximum absolute atomic E-state index is 11.9. The van der Waals surface area contributed by atoms with Gasteiger partial charge in [-0.1, -0.05) is 13.3 Å². The maximum Gasteiger partial charge on any atom is 0.242 e. The molecule has 0 aromatic carbocycles. The summed E-state index contributed by atoms with van der Waals surface area (Å²) in [5.41, 5.74) is 1.03. The monoisotopic (exact) mass is 272 g/mol. The van der Waals surface area contributed by atoms with E-state index in [9.17, 15) is 4.79 Å². The third-order valence-electron chi connectivity index (χ3n) is 3.06. The zero-order valence-corrected chi connectivity index (χ0v) is 11.7. The molecule has 1 aliphatic rings. The highest BCUT2D eigenvalue weighted by molar-refractivity contribution is 5.94. The minimum Gasteiger partial charge on any atom is -0.310 e. The number of nitrogens with zero attached hydrogens (tertiary/aromatic N) is 2. The molecule has 2 heterocycles. The molecule has 0 saturated carbocycles. The molecule has 2 rings (SSSR count). The fourth-order valence-corrected chi connectivity index (χ4v) is 2.14. The van der Waals surface area contributed by atoms with Crippen molar-refractivity contribution in [3.05, 3.63) is 11.8 Å². The fraction of sp³-hybridized carbons (Fsp3) is 0.667. The lowest BCUT2D eigenvalue weighted by atomic mass is 10.2. The molecular weight excluding hydrogens is 252 g/mol. The second kappa shape index (κ2) is 6.75. The first-order chi connectivity index (χ1) is 8.20. The van der Waals surface area contributed by atoms with E-state index in [4.69, 9.17) is 0 Å². The van der Waals surface area contributed by atoms with E-state index in [0.717, 1.165) is 43.7 Å². The van der Waals surface area contributed by atoms with E-state index in [2.05, 4.69) is 22.7 Å². The minimum atomic E-state index is -0.0421. The summed E-state index contributed by atoms with van der Waals surface area (Å²) >= 11 is 0. The lowest BCUT2D eigenvalue weighted by Crippen LogP contribution is -2.35. The molecule has 1 aromatic rings. The van der Waals surface area contributed by atoms with E-state index >= 15 is 0 Å². The number of halogens is 1. The Morgan fingerprint density at radius 2 is 2.44 bits per heavy atom. The summed E-state index contributed by atoms with van der Waals surface area (Å²) in [4.78, 5) is 11.9. The molecule has 1 unspecified atom stereocenters. The van der Waals surface area contributed by atoms with Crippen molar-refractivity contribution in [1.29, 1.82) is 0 Å². The topological polar surface area (TPSA) is 59.0 Å². The predicted molar refractivity (Wildman–Crippen MR) is 74.1 cm³/mol. The van der Waals surface area contributed by atoms with Crippen LogP contribution in [0.3, 0.4) is 0 Å². The van der Waals surface area contributed by atoms with Crippen molar-refractivity contribution in [3.8, 4) is 0 Å². The molecule has 2 N–H and O–H groups in total. The Morgan fingerprint density at radius 1 is 1.67 bits per heavy atom. The quantitative estimate of drug-likeness (QED) is 0.873. The van der Waals surface area contributed by atoms with Gasteiger partial charge in [0.1, 0.15) is 5.82 Å². The van der Waals surface area contributed by atoms with Gasteiger partial charge in [-0.15, -0.1) is 12.4 Å². The van der Waals surface area contributed by atoms with Crippen molar-refractivity contribution in [2.24, 2.45) is 7.05 Å². The number of amides is 1. The molecule has 1 saturated heterocycles. The van der Waals surface area contributed by atoms with Crippen LogP contribution in [-0.4, -0.2) is 28.3 Å². The summed E-state index contributed by atoms with van der Waals surface area (Å²) in [5, 5.41) is 10.5. The number of nitrogens with one attached hydrogen (secondary N) is 2. The maximum atomic E-state index is 11.9. The summed E-state index contributed by atoms with van der Waals surface area (Å²) in [5.74, 6) is 0.834. The highest BCUT2D eigenvalue weighted by Crippen LogP contribution is 2.13. The average Bonchev–Trinajstić information content (AvgIpc) is 2.90. The van der Waals surface area contributed by atoms with Crippen LogP contribution in [0.25, 0.3) is 0 Å². The summed E-state index contributed by atoms with van der Waals surface area (Å²) in [6.45, 7) is 3.06. The standard InChI is InChI=1S/C12H20N4O.ClH/c1-3-5-9-8-11(16(2)15-9)14-12(17)10-6-4-7-13-10;/h8,10,13H,3-7H2,1-2H3,(H,14,17);1H. The first kappa shape index (κ1) is 15.0. The van der Waals surface area contributed by atoms with Crippen LogP contribution in [0.1, 0.15) is 31.9 Å². The van der Waals surface area contributed by atoms with E-state index in [1.54, 1.807) is 4.68 Å². The van der Waals surface area contributed by atoms with Gasteiger partial charge in [0, 0.05) is 13.1 Å². The normalized spacial score (nSPS) is 18.4. The Bertz CT molecular complexity index is 399. The molecule has 5 nitrogen and oxygen atoms in total. The molecule has 1 amide bonds. The third kappa shape index (κ3) is 3.46. The van der Waals surface area contributed by atoms with Crippen molar-refractivity contribution in [2.45, 2.75) is 38.6 Å². The summed E-state index contributed by atoms with van der Waals surface area (Å²) < 4.78 is 1.73. The molecule has 6 heteroatoms. The SMILES string of the molecule is CCCc1cc(NC(=O)C2CCCN2)n(C)n1.Cl. The fourth-order valence-electron chi connectivity index (χ4n) is 2.14. The number of hydrogen-bond donors (Lipinski definition) is 2. The summed E-state index contributed by atoms with van der Waals surface area (Å²) in [6.07, 6.45) is 4.01. The van der Waals surface area contributed by atoms with Crippen LogP contribution >= 0.6 is 12.4 Å². The first-order valence-electron chi connectivity index (χ1n) is 6.28. The van der Waals surface area contributed by atoms with Gasteiger partial charge in [-0.25, -0.2) is 0 Å². The van der Waals surface area contributed by atoms with Gasteiger partial charge in [0.25, 0.3) is 0 Å². The Morgan fingerprint density at radius 3 is 3.06 bits per heavy atom. The number of carbonyl (C=O) groups is 1. The van der Waals surface area contributed by atoms with E-state index < -0.39 is 0 Å². The Hall–Kier alpha value is -1.07. The van der Waals surface area contributed by atoms with Crippen molar-refractivity contribution in [1.82, 2.24) is 15.1 Å². The van der Waals surface area contributed by atoms with Gasteiger partial charge < -0.3 is 10.6 Å². The average molecular weight is 273 g/mol. The van der Waals surface area contributed by atoms with Crippen molar-refractivity contribution in [2.75, 3.05) is 11.9 Å². The van der Waals surface area contributed by atoms with Crippen molar-refractivity contribution in [3.63, 3.8) is 0 Å². The lowest BCUT2D eigenvalue weighted by molar-refractivity contribution is -0.117. The van der Waals surface area contributed by atoms with Crippen LogP contribution in [0.4, 0.5) is 5.82 Å². The van der Waals surface area contributed by atoms with Gasteiger partial charge in [0.05, 0.1) is 11.7 Å². The highest BCUT2D eigenvalue weighted by atomic mass is 35.5.